The van der Waals surface area contributed by atoms with Gasteiger partial charge in [-0.2, -0.15) is 5.10 Å². The highest BCUT2D eigenvalue weighted by molar-refractivity contribution is 5.36. The van der Waals surface area contributed by atoms with Gasteiger partial charge in [0, 0.05) is 23.9 Å². The summed E-state index contributed by atoms with van der Waals surface area (Å²) in [6.07, 6.45) is 5.67. The SMILES string of the molecule is Cc1cc(C2CCC2)nc(N2CCn3nc([C@H](O)C4CC4)cc3C2)n1. The number of hydrogen-bond acceptors (Lipinski definition) is 5. The smallest absolute Gasteiger partial charge is 0.226 e. The van der Waals surface area contributed by atoms with Crippen molar-refractivity contribution >= 4 is 5.95 Å². The number of nitrogens with zero attached hydrogens (tertiary/aromatic N) is 5. The summed E-state index contributed by atoms with van der Waals surface area (Å²) in [7, 11) is 0. The standard InChI is InChI=1S/C19H25N5O/c1-12-9-16(13-3-2-4-13)21-19(20-12)23-7-8-24-15(11-23)10-17(22-24)18(25)14-5-6-14/h9-10,13-14,18,25H,2-8,11H2,1H3/t18-/m1/s1. The third kappa shape index (κ3) is 2.82. The van der Waals surface area contributed by atoms with Crippen molar-refractivity contribution in [3.05, 3.63) is 34.9 Å². The molecule has 3 aliphatic rings. The number of hydrogen-bond donors (Lipinski definition) is 1. The molecule has 6 heteroatoms. The average molecular weight is 339 g/mol. The average Bonchev–Trinajstić information content (AvgIpc) is 3.30. The maximum absolute atomic E-state index is 10.3. The summed E-state index contributed by atoms with van der Waals surface area (Å²) >= 11 is 0. The summed E-state index contributed by atoms with van der Waals surface area (Å²) in [4.78, 5) is 11.8. The molecule has 1 aliphatic heterocycles. The second-order valence-corrected chi connectivity index (χ2v) is 7.85. The fraction of sp³-hybridized carbons (Fsp3) is 0.632. The molecule has 0 amide bonds. The first-order valence-corrected chi connectivity index (χ1v) is 9.52. The molecule has 3 heterocycles. The molecule has 6 nitrogen and oxygen atoms in total. The van der Waals surface area contributed by atoms with E-state index in [1.807, 2.05) is 4.68 Å². The highest BCUT2D eigenvalue weighted by Crippen LogP contribution is 2.41. The summed E-state index contributed by atoms with van der Waals surface area (Å²) in [6.45, 7) is 4.51. The predicted molar refractivity (Wildman–Crippen MR) is 94.3 cm³/mol. The van der Waals surface area contributed by atoms with Crippen molar-refractivity contribution < 1.29 is 5.11 Å². The number of rotatable bonds is 4. The molecule has 132 valence electrons. The lowest BCUT2D eigenvalue weighted by Gasteiger charge is -2.30. The lowest BCUT2D eigenvalue weighted by atomic mass is 9.83. The third-order valence-corrected chi connectivity index (χ3v) is 5.86. The highest BCUT2D eigenvalue weighted by atomic mass is 16.3. The van der Waals surface area contributed by atoms with E-state index in [2.05, 4.69) is 34.0 Å². The van der Waals surface area contributed by atoms with Crippen LogP contribution >= 0.6 is 0 Å². The van der Waals surface area contributed by atoms with Gasteiger partial charge in [-0.3, -0.25) is 4.68 Å². The van der Waals surface area contributed by atoms with E-state index in [0.717, 1.165) is 55.5 Å². The second-order valence-electron chi connectivity index (χ2n) is 7.85. The molecule has 2 saturated carbocycles. The van der Waals surface area contributed by atoms with E-state index < -0.39 is 6.10 Å². The minimum Gasteiger partial charge on any atom is -0.386 e. The van der Waals surface area contributed by atoms with Crippen molar-refractivity contribution in [3.8, 4) is 0 Å². The van der Waals surface area contributed by atoms with Gasteiger partial charge >= 0.3 is 0 Å². The van der Waals surface area contributed by atoms with E-state index in [1.165, 1.54) is 25.0 Å². The van der Waals surface area contributed by atoms with Crippen molar-refractivity contribution in [3.63, 3.8) is 0 Å². The molecule has 1 N–H and O–H groups in total. The lowest BCUT2D eigenvalue weighted by molar-refractivity contribution is 0.148. The van der Waals surface area contributed by atoms with Crippen LogP contribution in [0.1, 0.15) is 66.9 Å². The molecule has 0 saturated heterocycles. The summed E-state index contributed by atoms with van der Waals surface area (Å²) in [5.74, 6) is 1.88. The summed E-state index contributed by atoms with van der Waals surface area (Å²) in [6, 6.07) is 4.21. The number of aryl methyl sites for hydroxylation is 1. The molecule has 2 aromatic rings. The zero-order valence-electron chi connectivity index (χ0n) is 14.7. The van der Waals surface area contributed by atoms with Crippen LogP contribution in [0, 0.1) is 12.8 Å². The van der Waals surface area contributed by atoms with Gasteiger partial charge in [0.05, 0.1) is 24.5 Å². The second kappa shape index (κ2) is 5.80. The van der Waals surface area contributed by atoms with E-state index in [1.54, 1.807) is 0 Å². The minimum atomic E-state index is -0.396. The Balaban J connectivity index is 1.39. The van der Waals surface area contributed by atoms with Crippen LogP contribution < -0.4 is 4.90 Å². The lowest BCUT2D eigenvalue weighted by Crippen LogP contribution is -2.35. The summed E-state index contributed by atoms with van der Waals surface area (Å²) < 4.78 is 2.04. The summed E-state index contributed by atoms with van der Waals surface area (Å²) in [5, 5.41) is 15.0. The van der Waals surface area contributed by atoms with Crippen LogP contribution in [0.5, 0.6) is 0 Å². The zero-order valence-corrected chi connectivity index (χ0v) is 14.7. The van der Waals surface area contributed by atoms with Crippen LogP contribution in [0.4, 0.5) is 5.95 Å². The highest BCUT2D eigenvalue weighted by Gasteiger charge is 2.33. The number of aliphatic hydroxyl groups excluding tert-OH is 1. The van der Waals surface area contributed by atoms with Crippen LogP contribution in [0.25, 0.3) is 0 Å². The van der Waals surface area contributed by atoms with Crippen LogP contribution in [0.2, 0.25) is 0 Å². The van der Waals surface area contributed by atoms with E-state index in [0.29, 0.717) is 11.8 Å². The minimum absolute atomic E-state index is 0.396. The van der Waals surface area contributed by atoms with Crippen molar-refractivity contribution in [2.75, 3.05) is 11.4 Å². The molecule has 5 rings (SSSR count). The molecule has 2 fully saturated rings. The molecular weight excluding hydrogens is 314 g/mol. The van der Waals surface area contributed by atoms with Gasteiger partial charge in [0.25, 0.3) is 0 Å². The van der Waals surface area contributed by atoms with E-state index in [9.17, 15) is 5.11 Å². The quantitative estimate of drug-likeness (QED) is 0.928. The van der Waals surface area contributed by atoms with E-state index in [-0.39, 0.29) is 0 Å². The Kier molecular flexibility index (Phi) is 3.55. The van der Waals surface area contributed by atoms with Crippen molar-refractivity contribution in [2.45, 2.75) is 64.1 Å². The van der Waals surface area contributed by atoms with Gasteiger partial charge in [-0.1, -0.05) is 6.42 Å². The maximum Gasteiger partial charge on any atom is 0.226 e. The van der Waals surface area contributed by atoms with Crippen LogP contribution in [0.3, 0.4) is 0 Å². The Labute approximate surface area is 147 Å². The van der Waals surface area contributed by atoms with Gasteiger partial charge in [-0.25, -0.2) is 9.97 Å². The monoisotopic (exact) mass is 339 g/mol. The van der Waals surface area contributed by atoms with Gasteiger partial charge in [-0.15, -0.1) is 0 Å². The van der Waals surface area contributed by atoms with Crippen LogP contribution in [-0.4, -0.2) is 31.4 Å². The van der Waals surface area contributed by atoms with Crippen molar-refractivity contribution in [1.29, 1.82) is 0 Å². The molecule has 0 radical (unpaired) electrons. The molecule has 0 bridgehead atoms. The Morgan fingerprint density at radius 3 is 2.68 bits per heavy atom. The number of anilines is 1. The first-order chi connectivity index (χ1) is 12.2. The van der Waals surface area contributed by atoms with Gasteiger partial charge in [0.2, 0.25) is 5.95 Å². The molecule has 0 unspecified atom stereocenters. The Bertz CT molecular complexity index is 793. The molecule has 1 atom stereocenters. The maximum atomic E-state index is 10.3. The van der Waals surface area contributed by atoms with Gasteiger partial charge in [0.15, 0.2) is 0 Å². The number of fused-ring (bicyclic) bond motifs is 1. The number of aromatic nitrogens is 4. The Morgan fingerprint density at radius 2 is 1.96 bits per heavy atom. The van der Waals surface area contributed by atoms with Crippen LogP contribution in [0.15, 0.2) is 12.1 Å². The van der Waals surface area contributed by atoms with Gasteiger partial charge < -0.3 is 10.0 Å². The normalized spacial score (nSPS) is 21.8. The molecule has 25 heavy (non-hydrogen) atoms. The van der Waals surface area contributed by atoms with Crippen molar-refractivity contribution in [1.82, 2.24) is 19.7 Å². The topological polar surface area (TPSA) is 67.1 Å². The van der Waals surface area contributed by atoms with Gasteiger partial charge in [-0.05, 0) is 50.7 Å². The predicted octanol–water partition coefficient (Wildman–Crippen LogP) is 2.71. The Hall–Kier alpha value is -1.95. The zero-order chi connectivity index (χ0) is 17.0. The fourth-order valence-electron chi connectivity index (χ4n) is 3.89. The molecule has 0 spiro atoms. The van der Waals surface area contributed by atoms with E-state index in [4.69, 9.17) is 4.98 Å². The largest absolute Gasteiger partial charge is 0.386 e. The van der Waals surface area contributed by atoms with Gasteiger partial charge in [0.1, 0.15) is 6.10 Å². The van der Waals surface area contributed by atoms with E-state index >= 15 is 0 Å². The first kappa shape index (κ1) is 15.3. The van der Waals surface area contributed by atoms with Crippen LogP contribution in [-0.2, 0) is 13.1 Å². The number of aliphatic hydroxyl groups is 1. The molecular formula is C19H25N5O. The first-order valence-electron chi connectivity index (χ1n) is 9.52. The molecule has 2 aromatic heterocycles. The van der Waals surface area contributed by atoms with Crippen molar-refractivity contribution in [2.24, 2.45) is 5.92 Å². The molecule has 2 aliphatic carbocycles. The third-order valence-electron chi connectivity index (χ3n) is 5.86. The Morgan fingerprint density at radius 1 is 1.12 bits per heavy atom. The summed E-state index contributed by atoms with van der Waals surface area (Å²) in [5.41, 5.74) is 4.24. The fourth-order valence-corrected chi connectivity index (χ4v) is 3.89. The molecule has 0 aromatic carbocycles.